The van der Waals surface area contributed by atoms with Gasteiger partial charge in [-0.05, 0) is 86.8 Å². The first-order valence-electron chi connectivity index (χ1n) is 8.68. The third-order valence-electron chi connectivity index (χ3n) is 6.16. The Morgan fingerprint density at radius 3 is 2.14 bits per heavy atom. The number of nitrogens with one attached hydrogen (secondary N) is 1. The largest absolute Gasteiger partial charge is 0.311 e. The van der Waals surface area contributed by atoms with E-state index in [0.29, 0.717) is 6.04 Å². The molecule has 0 spiro atoms. The maximum Gasteiger partial charge on any atom is 0.123 e. The summed E-state index contributed by atoms with van der Waals surface area (Å²) >= 11 is 0. The van der Waals surface area contributed by atoms with Crippen LogP contribution in [0.3, 0.4) is 0 Å². The van der Waals surface area contributed by atoms with Gasteiger partial charge in [0.2, 0.25) is 0 Å². The van der Waals surface area contributed by atoms with E-state index in [1.807, 2.05) is 12.1 Å². The highest BCUT2D eigenvalue weighted by Gasteiger charge is 2.48. The highest BCUT2D eigenvalue weighted by molar-refractivity contribution is 5.17. The summed E-state index contributed by atoms with van der Waals surface area (Å²) < 4.78 is 13.0. The van der Waals surface area contributed by atoms with Crippen molar-refractivity contribution in [3.8, 4) is 0 Å². The number of halogens is 1. The number of benzene rings is 1. The van der Waals surface area contributed by atoms with Crippen molar-refractivity contribution >= 4 is 0 Å². The third-order valence-corrected chi connectivity index (χ3v) is 6.16. The standard InChI is InChI=1S/C19H26FN/c1-12(6-13-2-4-18(20)5-3-13)21-19-16-8-14-7-15(10-16)11-17(19)9-14/h2-5,12,14-17,19,21H,6-11H2,1H3. The molecule has 5 rings (SSSR count). The molecule has 1 N–H and O–H groups in total. The predicted molar refractivity (Wildman–Crippen MR) is 83.5 cm³/mol. The number of rotatable bonds is 4. The van der Waals surface area contributed by atoms with Crippen molar-refractivity contribution in [2.45, 2.75) is 57.5 Å². The van der Waals surface area contributed by atoms with Crippen molar-refractivity contribution in [1.29, 1.82) is 0 Å². The summed E-state index contributed by atoms with van der Waals surface area (Å²) in [6.07, 6.45) is 8.39. The second kappa shape index (κ2) is 5.39. The van der Waals surface area contributed by atoms with Crippen LogP contribution in [0, 0.1) is 29.5 Å². The Kier molecular flexibility index (Phi) is 3.53. The lowest BCUT2D eigenvalue weighted by Gasteiger charge is -2.55. The Labute approximate surface area is 127 Å². The molecule has 2 heteroatoms. The van der Waals surface area contributed by atoms with Crippen LogP contribution < -0.4 is 5.32 Å². The molecule has 1 atom stereocenters. The molecule has 0 heterocycles. The summed E-state index contributed by atoms with van der Waals surface area (Å²) in [5.74, 6) is 3.80. The molecule has 21 heavy (non-hydrogen) atoms. The monoisotopic (exact) mass is 287 g/mol. The lowest BCUT2D eigenvalue weighted by atomic mass is 9.54. The second-order valence-electron chi connectivity index (χ2n) is 7.85. The first-order valence-corrected chi connectivity index (χ1v) is 8.68. The fraction of sp³-hybridized carbons (Fsp3) is 0.684. The average Bonchev–Trinajstić information content (AvgIpc) is 2.45. The predicted octanol–water partition coefficient (Wildman–Crippen LogP) is 4.17. The van der Waals surface area contributed by atoms with Crippen LogP contribution >= 0.6 is 0 Å². The van der Waals surface area contributed by atoms with E-state index < -0.39 is 0 Å². The Morgan fingerprint density at radius 2 is 1.57 bits per heavy atom. The molecule has 4 aliphatic carbocycles. The van der Waals surface area contributed by atoms with E-state index >= 15 is 0 Å². The van der Waals surface area contributed by atoms with Gasteiger partial charge in [0.15, 0.2) is 0 Å². The molecule has 1 aromatic carbocycles. The van der Waals surface area contributed by atoms with E-state index in [0.717, 1.165) is 36.1 Å². The van der Waals surface area contributed by atoms with Gasteiger partial charge in [0.25, 0.3) is 0 Å². The molecule has 4 bridgehead atoms. The van der Waals surface area contributed by atoms with Crippen molar-refractivity contribution in [3.63, 3.8) is 0 Å². The number of hydrogen-bond acceptors (Lipinski definition) is 1. The highest BCUT2D eigenvalue weighted by atomic mass is 19.1. The van der Waals surface area contributed by atoms with Crippen LogP contribution in [0.4, 0.5) is 4.39 Å². The van der Waals surface area contributed by atoms with E-state index in [1.165, 1.54) is 37.7 Å². The molecule has 0 aromatic heterocycles. The van der Waals surface area contributed by atoms with Crippen LogP contribution in [-0.2, 0) is 6.42 Å². The van der Waals surface area contributed by atoms with Gasteiger partial charge in [-0.2, -0.15) is 0 Å². The van der Waals surface area contributed by atoms with Crippen molar-refractivity contribution in [1.82, 2.24) is 5.32 Å². The van der Waals surface area contributed by atoms with Gasteiger partial charge in [-0.25, -0.2) is 4.39 Å². The maximum absolute atomic E-state index is 13.0. The minimum Gasteiger partial charge on any atom is -0.311 e. The molecule has 4 aliphatic rings. The smallest absolute Gasteiger partial charge is 0.123 e. The Morgan fingerprint density at radius 1 is 1.00 bits per heavy atom. The summed E-state index contributed by atoms with van der Waals surface area (Å²) in [4.78, 5) is 0. The second-order valence-corrected chi connectivity index (χ2v) is 7.85. The summed E-state index contributed by atoms with van der Waals surface area (Å²) in [6.45, 7) is 2.29. The summed E-state index contributed by atoms with van der Waals surface area (Å²) in [5.41, 5.74) is 1.24. The zero-order chi connectivity index (χ0) is 14.4. The van der Waals surface area contributed by atoms with E-state index in [-0.39, 0.29) is 5.82 Å². The van der Waals surface area contributed by atoms with E-state index in [4.69, 9.17) is 0 Å². The van der Waals surface area contributed by atoms with Gasteiger partial charge in [-0.1, -0.05) is 12.1 Å². The molecule has 1 unspecified atom stereocenters. The topological polar surface area (TPSA) is 12.0 Å². The fourth-order valence-electron chi connectivity index (χ4n) is 5.56. The van der Waals surface area contributed by atoms with E-state index in [1.54, 1.807) is 12.1 Å². The van der Waals surface area contributed by atoms with Gasteiger partial charge in [0.05, 0.1) is 0 Å². The van der Waals surface area contributed by atoms with E-state index in [2.05, 4.69) is 12.2 Å². The molecule has 4 fully saturated rings. The van der Waals surface area contributed by atoms with E-state index in [9.17, 15) is 4.39 Å². The Bertz CT molecular complexity index is 467. The normalized spacial score (nSPS) is 38.7. The van der Waals surface area contributed by atoms with Crippen LogP contribution in [-0.4, -0.2) is 12.1 Å². The Hall–Kier alpha value is -0.890. The SMILES string of the molecule is CC(Cc1ccc(F)cc1)NC1C2CC3CC(C2)CC1C3. The number of hydrogen-bond donors (Lipinski definition) is 1. The Balaban J connectivity index is 1.38. The molecule has 0 aliphatic heterocycles. The molecular weight excluding hydrogens is 261 g/mol. The van der Waals surface area contributed by atoms with Gasteiger partial charge in [0, 0.05) is 12.1 Å². The molecule has 0 radical (unpaired) electrons. The van der Waals surface area contributed by atoms with Gasteiger partial charge >= 0.3 is 0 Å². The van der Waals surface area contributed by atoms with Crippen molar-refractivity contribution < 1.29 is 4.39 Å². The highest BCUT2D eigenvalue weighted by Crippen LogP contribution is 2.53. The van der Waals surface area contributed by atoms with Crippen molar-refractivity contribution in [2.75, 3.05) is 0 Å². The van der Waals surface area contributed by atoms with Gasteiger partial charge < -0.3 is 5.32 Å². The lowest BCUT2D eigenvalue weighted by molar-refractivity contribution is -0.0169. The fourth-order valence-corrected chi connectivity index (χ4v) is 5.56. The molecule has 1 aromatic rings. The zero-order valence-corrected chi connectivity index (χ0v) is 12.9. The van der Waals surface area contributed by atoms with Crippen LogP contribution in [0.2, 0.25) is 0 Å². The maximum atomic E-state index is 13.0. The lowest BCUT2D eigenvalue weighted by Crippen LogP contribution is -2.56. The van der Waals surface area contributed by atoms with Crippen LogP contribution in [0.1, 0.15) is 44.6 Å². The van der Waals surface area contributed by atoms with Gasteiger partial charge in [-0.3, -0.25) is 0 Å². The molecule has 1 nitrogen and oxygen atoms in total. The third kappa shape index (κ3) is 2.75. The molecule has 4 saturated carbocycles. The summed E-state index contributed by atoms with van der Waals surface area (Å²) in [6, 6.07) is 8.22. The average molecular weight is 287 g/mol. The van der Waals surface area contributed by atoms with Gasteiger partial charge in [-0.15, -0.1) is 0 Å². The quantitative estimate of drug-likeness (QED) is 0.876. The first kappa shape index (κ1) is 13.8. The molecule has 0 saturated heterocycles. The molecule has 0 amide bonds. The van der Waals surface area contributed by atoms with Crippen LogP contribution in [0.15, 0.2) is 24.3 Å². The van der Waals surface area contributed by atoms with Crippen molar-refractivity contribution in [2.24, 2.45) is 23.7 Å². The van der Waals surface area contributed by atoms with Crippen LogP contribution in [0.25, 0.3) is 0 Å². The summed E-state index contributed by atoms with van der Waals surface area (Å²) in [5, 5.41) is 3.93. The first-order chi connectivity index (χ1) is 10.2. The summed E-state index contributed by atoms with van der Waals surface area (Å²) in [7, 11) is 0. The zero-order valence-electron chi connectivity index (χ0n) is 12.9. The minimum atomic E-state index is -0.139. The molecule has 114 valence electrons. The van der Waals surface area contributed by atoms with Crippen LogP contribution in [0.5, 0.6) is 0 Å². The minimum absolute atomic E-state index is 0.139. The van der Waals surface area contributed by atoms with Gasteiger partial charge in [0.1, 0.15) is 5.82 Å². The van der Waals surface area contributed by atoms with Crippen molar-refractivity contribution in [3.05, 3.63) is 35.6 Å². The molecular formula is C19H26FN.